The lowest BCUT2D eigenvalue weighted by molar-refractivity contribution is -0.118. The van der Waals surface area contributed by atoms with Crippen LogP contribution in [0.4, 0.5) is 0 Å². The molecule has 1 heterocycles. The summed E-state index contributed by atoms with van der Waals surface area (Å²) < 4.78 is 1.93. The van der Waals surface area contributed by atoms with Crippen molar-refractivity contribution < 1.29 is 4.79 Å². The van der Waals surface area contributed by atoms with Crippen LogP contribution in [-0.2, 0) is 4.79 Å². The highest BCUT2D eigenvalue weighted by Crippen LogP contribution is 2.29. The van der Waals surface area contributed by atoms with Crippen molar-refractivity contribution in [3.05, 3.63) is 59.1 Å². The van der Waals surface area contributed by atoms with Crippen LogP contribution in [0.3, 0.4) is 0 Å². The molecule has 0 saturated carbocycles. The summed E-state index contributed by atoms with van der Waals surface area (Å²) in [6.45, 7) is 2.36. The normalized spacial score (nSPS) is 10.5. The number of aromatic nitrogens is 3. The van der Waals surface area contributed by atoms with E-state index in [0.29, 0.717) is 22.5 Å². The Morgan fingerprint density at radius 2 is 2.04 bits per heavy atom. The van der Waals surface area contributed by atoms with Crippen molar-refractivity contribution in [3.63, 3.8) is 0 Å². The zero-order chi connectivity index (χ0) is 19.9. The van der Waals surface area contributed by atoms with Gasteiger partial charge in [-0.3, -0.25) is 9.36 Å². The molecule has 0 unspecified atom stereocenters. The molecule has 0 aliphatic carbocycles. The number of hydrogen-bond acceptors (Lipinski definition) is 5. The standard InChI is InChI=1S/C20H18ClN5OS/c1-14-4-2-5-17(12-14)26-19(15-6-8-16(21)9-7-15)24-25-20(26)28-13-18(27)23-11-3-10-22/h2,4-9,12H,3,11,13H2,1H3,(H,23,27). The molecule has 0 aliphatic rings. The molecule has 0 bridgehead atoms. The predicted molar refractivity (Wildman–Crippen MR) is 111 cm³/mol. The fourth-order valence-corrected chi connectivity index (χ4v) is 3.50. The quantitative estimate of drug-likeness (QED) is 0.469. The van der Waals surface area contributed by atoms with Crippen molar-refractivity contribution in [1.82, 2.24) is 20.1 Å². The van der Waals surface area contributed by atoms with E-state index in [0.717, 1.165) is 16.8 Å². The number of nitrogens with one attached hydrogen (secondary N) is 1. The number of rotatable bonds is 7. The summed E-state index contributed by atoms with van der Waals surface area (Å²) in [6, 6.07) is 17.4. The van der Waals surface area contributed by atoms with E-state index < -0.39 is 0 Å². The van der Waals surface area contributed by atoms with Crippen molar-refractivity contribution in [2.75, 3.05) is 12.3 Å². The Labute approximate surface area is 172 Å². The first kappa shape index (κ1) is 19.9. The third kappa shape index (κ3) is 4.91. The summed E-state index contributed by atoms with van der Waals surface area (Å²) in [5.74, 6) is 0.720. The van der Waals surface area contributed by atoms with Crippen LogP contribution in [0.2, 0.25) is 5.02 Å². The summed E-state index contributed by atoms with van der Waals surface area (Å²) in [5, 5.41) is 21.2. The van der Waals surface area contributed by atoms with Crippen LogP contribution in [0.5, 0.6) is 0 Å². The fourth-order valence-electron chi connectivity index (χ4n) is 2.59. The summed E-state index contributed by atoms with van der Waals surface area (Å²) >= 11 is 7.31. The molecule has 2 aromatic carbocycles. The lowest BCUT2D eigenvalue weighted by Crippen LogP contribution is -2.26. The van der Waals surface area contributed by atoms with Gasteiger partial charge in [-0.25, -0.2) is 0 Å². The molecule has 3 aromatic rings. The number of benzene rings is 2. The van der Waals surface area contributed by atoms with Crippen LogP contribution >= 0.6 is 23.4 Å². The maximum absolute atomic E-state index is 12.0. The lowest BCUT2D eigenvalue weighted by atomic mass is 10.2. The van der Waals surface area contributed by atoms with Gasteiger partial charge in [0.2, 0.25) is 5.91 Å². The smallest absolute Gasteiger partial charge is 0.230 e. The SMILES string of the molecule is Cc1cccc(-n2c(SCC(=O)NCCC#N)nnc2-c2ccc(Cl)cc2)c1. The number of hydrogen-bond donors (Lipinski definition) is 1. The van der Waals surface area contributed by atoms with Crippen molar-refractivity contribution in [2.24, 2.45) is 0 Å². The molecule has 0 spiro atoms. The number of carbonyl (C=O) groups is 1. The first-order valence-corrected chi connectivity index (χ1v) is 9.99. The zero-order valence-electron chi connectivity index (χ0n) is 15.2. The molecule has 0 fully saturated rings. The van der Waals surface area contributed by atoms with Gasteiger partial charge in [0, 0.05) is 22.8 Å². The Balaban J connectivity index is 1.91. The van der Waals surface area contributed by atoms with Crippen LogP contribution in [0, 0.1) is 18.3 Å². The first-order chi connectivity index (χ1) is 13.6. The first-order valence-electron chi connectivity index (χ1n) is 8.63. The van der Waals surface area contributed by atoms with E-state index in [-0.39, 0.29) is 18.1 Å². The molecule has 28 heavy (non-hydrogen) atoms. The van der Waals surface area contributed by atoms with Crippen LogP contribution in [0.1, 0.15) is 12.0 Å². The van der Waals surface area contributed by atoms with Crippen LogP contribution in [-0.4, -0.2) is 33.0 Å². The summed E-state index contributed by atoms with van der Waals surface area (Å²) in [5.41, 5.74) is 2.91. The van der Waals surface area contributed by atoms with E-state index in [1.54, 1.807) is 0 Å². The molecule has 1 amide bonds. The number of nitriles is 1. The second-order valence-corrected chi connectivity index (χ2v) is 7.41. The van der Waals surface area contributed by atoms with Crippen molar-refractivity contribution in [1.29, 1.82) is 5.26 Å². The molecule has 0 saturated heterocycles. The monoisotopic (exact) mass is 411 g/mol. The molecule has 142 valence electrons. The molecule has 3 rings (SSSR count). The Kier molecular flexibility index (Phi) is 6.69. The minimum atomic E-state index is -0.146. The Morgan fingerprint density at radius 1 is 1.25 bits per heavy atom. The third-order valence-electron chi connectivity index (χ3n) is 3.89. The molecule has 0 atom stereocenters. The number of thioether (sulfide) groups is 1. The average Bonchev–Trinajstić information content (AvgIpc) is 3.11. The molecular weight excluding hydrogens is 394 g/mol. The van der Waals surface area contributed by atoms with Gasteiger partial charge in [0.1, 0.15) is 0 Å². The van der Waals surface area contributed by atoms with E-state index in [4.69, 9.17) is 16.9 Å². The lowest BCUT2D eigenvalue weighted by Gasteiger charge is -2.11. The molecule has 0 radical (unpaired) electrons. The van der Waals surface area contributed by atoms with Gasteiger partial charge in [-0.2, -0.15) is 5.26 Å². The van der Waals surface area contributed by atoms with Gasteiger partial charge < -0.3 is 5.32 Å². The van der Waals surface area contributed by atoms with Crippen LogP contribution in [0.25, 0.3) is 17.1 Å². The molecule has 8 heteroatoms. The number of carbonyl (C=O) groups excluding carboxylic acids is 1. The summed E-state index contributed by atoms with van der Waals surface area (Å²) in [4.78, 5) is 12.0. The number of nitrogens with zero attached hydrogens (tertiary/aromatic N) is 4. The highest BCUT2D eigenvalue weighted by atomic mass is 35.5. The van der Waals surface area contributed by atoms with E-state index in [1.165, 1.54) is 11.8 Å². The molecule has 0 aliphatic heterocycles. The number of halogens is 1. The van der Waals surface area contributed by atoms with Crippen molar-refractivity contribution in [2.45, 2.75) is 18.5 Å². The molecule has 6 nitrogen and oxygen atoms in total. The molecular formula is C20H18ClN5OS. The van der Waals surface area contributed by atoms with E-state index in [9.17, 15) is 4.79 Å². The minimum Gasteiger partial charge on any atom is -0.354 e. The van der Waals surface area contributed by atoms with Gasteiger partial charge in [-0.1, -0.05) is 35.5 Å². The van der Waals surface area contributed by atoms with Gasteiger partial charge in [0.15, 0.2) is 11.0 Å². The second-order valence-electron chi connectivity index (χ2n) is 6.03. The maximum Gasteiger partial charge on any atom is 0.230 e. The summed E-state index contributed by atoms with van der Waals surface area (Å²) in [6.07, 6.45) is 0.288. The van der Waals surface area contributed by atoms with Gasteiger partial charge >= 0.3 is 0 Å². The van der Waals surface area contributed by atoms with Crippen LogP contribution in [0.15, 0.2) is 53.7 Å². The minimum absolute atomic E-state index is 0.146. The highest BCUT2D eigenvalue weighted by Gasteiger charge is 2.17. The van der Waals surface area contributed by atoms with Gasteiger partial charge in [0.25, 0.3) is 0 Å². The van der Waals surface area contributed by atoms with E-state index in [2.05, 4.69) is 15.5 Å². The largest absolute Gasteiger partial charge is 0.354 e. The van der Waals surface area contributed by atoms with E-state index >= 15 is 0 Å². The second kappa shape index (κ2) is 9.40. The predicted octanol–water partition coefficient (Wildman–Crippen LogP) is 4.02. The fraction of sp³-hybridized carbons (Fsp3) is 0.200. The topological polar surface area (TPSA) is 83.6 Å². The Bertz CT molecular complexity index is 1010. The summed E-state index contributed by atoms with van der Waals surface area (Å²) in [7, 11) is 0. The average molecular weight is 412 g/mol. The van der Waals surface area contributed by atoms with Gasteiger partial charge in [-0.05, 0) is 48.9 Å². The van der Waals surface area contributed by atoms with E-state index in [1.807, 2.05) is 66.1 Å². The number of amides is 1. The van der Waals surface area contributed by atoms with Crippen LogP contribution < -0.4 is 5.32 Å². The Hall–Kier alpha value is -2.82. The molecule has 1 N–H and O–H groups in total. The highest BCUT2D eigenvalue weighted by molar-refractivity contribution is 7.99. The van der Waals surface area contributed by atoms with Crippen molar-refractivity contribution >= 4 is 29.3 Å². The number of aryl methyl sites for hydroxylation is 1. The van der Waals surface area contributed by atoms with Gasteiger partial charge in [-0.15, -0.1) is 10.2 Å². The third-order valence-corrected chi connectivity index (χ3v) is 5.07. The molecule has 1 aromatic heterocycles. The maximum atomic E-state index is 12.0. The zero-order valence-corrected chi connectivity index (χ0v) is 16.8. The van der Waals surface area contributed by atoms with Crippen molar-refractivity contribution in [3.8, 4) is 23.1 Å². The Morgan fingerprint density at radius 3 is 2.75 bits per heavy atom. The van der Waals surface area contributed by atoms with Gasteiger partial charge in [0.05, 0.1) is 18.2 Å².